The smallest absolute Gasteiger partial charge is 0.243 e. The summed E-state index contributed by atoms with van der Waals surface area (Å²) in [4.78, 5) is 4.40. The van der Waals surface area contributed by atoms with Crippen LogP contribution >= 0.6 is 0 Å². The van der Waals surface area contributed by atoms with Crippen LogP contribution in [0.5, 0.6) is 0 Å². The molecule has 1 aliphatic carbocycles. The number of anilines is 1. The van der Waals surface area contributed by atoms with Crippen molar-refractivity contribution in [1.82, 2.24) is 15.2 Å². The predicted molar refractivity (Wildman–Crippen MR) is 66.6 cm³/mol. The molecule has 1 fully saturated rings. The van der Waals surface area contributed by atoms with Gasteiger partial charge in [-0.2, -0.15) is 0 Å². The predicted octanol–water partition coefficient (Wildman–Crippen LogP) is 1.32. The van der Waals surface area contributed by atoms with Crippen LogP contribution in [0.15, 0.2) is 24.3 Å². The third-order valence-electron chi connectivity index (χ3n) is 3.31. The van der Waals surface area contributed by atoms with E-state index in [1.165, 1.54) is 6.42 Å². The van der Waals surface area contributed by atoms with Crippen molar-refractivity contribution < 1.29 is 0 Å². The van der Waals surface area contributed by atoms with Crippen LogP contribution in [0.4, 0.5) is 5.95 Å². The largest absolute Gasteiger partial charge is 0.351 e. The molecule has 0 saturated heterocycles. The van der Waals surface area contributed by atoms with Crippen LogP contribution in [0.3, 0.4) is 0 Å². The highest BCUT2D eigenvalue weighted by Gasteiger charge is 2.32. The molecule has 1 aromatic heterocycles. The van der Waals surface area contributed by atoms with Gasteiger partial charge in [-0.05, 0) is 31.4 Å². The maximum absolute atomic E-state index is 6.12. The van der Waals surface area contributed by atoms with Gasteiger partial charge in [0.15, 0.2) is 0 Å². The zero-order valence-electron chi connectivity index (χ0n) is 9.56. The zero-order chi connectivity index (χ0) is 11.7. The Kier molecular flexibility index (Phi) is 2.40. The van der Waals surface area contributed by atoms with Crippen molar-refractivity contribution in [2.24, 2.45) is 5.73 Å². The van der Waals surface area contributed by atoms with Crippen LogP contribution in [0.1, 0.15) is 19.3 Å². The molecule has 0 aliphatic heterocycles. The van der Waals surface area contributed by atoms with E-state index in [0.717, 1.165) is 23.9 Å². The number of hydrogen-bond donors (Lipinski definition) is 2. The first-order valence-electron chi connectivity index (χ1n) is 5.87. The van der Waals surface area contributed by atoms with E-state index in [1.807, 2.05) is 24.3 Å². The maximum atomic E-state index is 6.12. The van der Waals surface area contributed by atoms with Gasteiger partial charge in [0.1, 0.15) is 5.52 Å². The number of benzene rings is 1. The lowest BCUT2D eigenvalue weighted by Gasteiger charge is -2.37. The molecule has 0 spiro atoms. The van der Waals surface area contributed by atoms with Crippen LogP contribution in [-0.2, 0) is 0 Å². The van der Waals surface area contributed by atoms with Crippen molar-refractivity contribution in [2.75, 3.05) is 11.9 Å². The average Bonchev–Trinajstić information content (AvgIpc) is 2.34. The number of aromatic nitrogens is 3. The topological polar surface area (TPSA) is 76.7 Å². The summed E-state index contributed by atoms with van der Waals surface area (Å²) in [7, 11) is 0. The SMILES string of the molecule is NC1(CNc2nnc3ccccc3n2)CCC1. The van der Waals surface area contributed by atoms with E-state index in [9.17, 15) is 0 Å². The van der Waals surface area contributed by atoms with Crippen LogP contribution in [0.2, 0.25) is 0 Å². The molecule has 5 nitrogen and oxygen atoms in total. The Morgan fingerprint density at radius 1 is 1.18 bits per heavy atom. The first-order valence-corrected chi connectivity index (χ1v) is 5.87. The minimum absolute atomic E-state index is 0.0744. The lowest BCUT2D eigenvalue weighted by atomic mass is 9.78. The standard InChI is InChI=1S/C12H15N5/c13-12(6-3-7-12)8-14-11-15-9-4-1-2-5-10(9)16-17-11/h1-2,4-5H,3,6-8,13H2,(H,14,15,17). The second-order valence-corrected chi connectivity index (χ2v) is 4.69. The second kappa shape index (κ2) is 3.92. The maximum Gasteiger partial charge on any atom is 0.243 e. The summed E-state index contributed by atoms with van der Waals surface area (Å²) >= 11 is 0. The number of fused-ring (bicyclic) bond motifs is 1. The quantitative estimate of drug-likeness (QED) is 0.830. The second-order valence-electron chi connectivity index (χ2n) is 4.69. The molecule has 1 saturated carbocycles. The van der Waals surface area contributed by atoms with Gasteiger partial charge >= 0.3 is 0 Å². The van der Waals surface area contributed by atoms with Crippen molar-refractivity contribution in [2.45, 2.75) is 24.8 Å². The van der Waals surface area contributed by atoms with Gasteiger partial charge in [-0.15, -0.1) is 10.2 Å². The van der Waals surface area contributed by atoms with Crippen molar-refractivity contribution in [3.05, 3.63) is 24.3 Å². The third-order valence-corrected chi connectivity index (χ3v) is 3.31. The molecular weight excluding hydrogens is 214 g/mol. The van der Waals surface area contributed by atoms with Gasteiger partial charge < -0.3 is 11.1 Å². The number of rotatable bonds is 3. The van der Waals surface area contributed by atoms with E-state index in [0.29, 0.717) is 12.5 Å². The van der Waals surface area contributed by atoms with E-state index in [2.05, 4.69) is 20.5 Å². The molecular formula is C12H15N5. The molecule has 3 N–H and O–H groups in total. The highest BCUT2D eigenvalue weighted by Crippen LogP contribution is 2.28. The fourth-order valence-corrected chi connectivity index (χ4v) is 2.02. The number of nitrogens with two attached hydrogens (primary N) is 1. The molecule has 1 aliphatic rings. The van der Waals surface area contributed by atoms with Gasteiger partial charge in [-0.1, -0.05) is 12.1 Å². The zero-order valence-corrected chi connectivity index (χ0v) is 9.56. The lowest BCUT2D eigenvalue weighted by molar-refractivity contribution is 0.265. The molecule has 0 amide bonds. The first kappa shape index (κ1) is 10.4. The number of hydrogen-bond acceptors (Lipinski definition) is 5. The summed E-state index contributed by atoms with van der Waals surface area (Å²) < 4.78 is 0. The highest BCUT2D eigenvalue weighted by molar-refractivity contribution is 5.74. The molecule has 88 valence electrons. The minimum Gasteiger partial charge on any atom is -0.351 e. The molecule has 3 rings (SSSR count). The van der Waals surface area contributed by atoms with Gasteiger partial charge in [0.25, 0.3) is 0 Å². The fourth-order valence-electron chi connectivity index (χ4n) is 2.02. The van der Waals surface area contributed by atoms with Crippen LogP contribution in [0, 0.1) is 0 Å². The van der Waals surface area contributed by atoms with Crippen molar-refractivity contribution in [3.63, 3.8) is 0 Å². The number of nitrogens with zero attached hydrogens (tertiary/aromatic N) is 3. The Morgan fingerprint density at radius 2 is 1.94 bits per heavy atom. The molecule has 0 bridgehead atoms. The summed E-state index contributed by atoms with van der Waals surface area (Å²) in [6, 6.07) is 7.69. The van der Waals surface area contributed by atoms with E-state index in [1.54, 1.807) is 0 Å². The van der Waals surface area contributed by atoms with E-state index < -0.39 is 0 Å². The number of para-hydroxylation sites is 1. The molecule has 0 atom stereocenters. The summed E-state index contributed by atoms with van der Waals surface area (Å²) in [5.41, 5.74) is 7.71. The van der Waals surface area contributed by atoms with E-state index >= 15 is 0 Å². The number of nitrogens with one attached hydrogen (secondary N) is 1. The highest BCUT2D eigenvalue weighted by atomic mass is 15.2. The Balaban J connectivity index is 1.76. The molecule has 1 aromatic carbocycles. The van der Waals surface area contributed by atoms with Crippen LogP contribution in [-0.4, -0.2) is 27.3 Å². The fraction of sp³-hybridized carbons (Fsp3) is 0.417. The summed E-state index contributed by atoms with van der Waals surface area (Å²) in [5.74, 6) is 0.556. The monoisotopic (exact) mass is 229 g/mol. The van der Waals surface area contributed by atoms with Crippen molar-refractivity contribution >= 4 is 17.0 Å². The van der Waals surface area contributed by atoms with Gasteiger partial charge in [-0.3, -0.25) is 0 Å². The van der Waals surface area contributed by atoms with E-state index in [-0.39, 0.29) is 5.54 Å². The normalized spacial score (nSPS) is 17.7. The average molecular weight is 229 g/mol. The summed E-state index contributed by atoms with van der Waals surface area (Å²) in [6.07, 6.45) is 3.36. The Morgan fingerprint density at radius 3 is 2.65 bits per heavy atom. The van der Waals surface area contributed by atoms with Gasteiger partial charge in [-0.25, -0.2) is 4.98 Å². The molecule has 1 heterocycles. The van der Waals surface area contributed by atoms with Crippen molar-refractivity contribution in [3.8, 4) is 0 Å². The molecule has 5 heteroatoms. The molecule has 0 radical (unpaired) electrons. The van der Waals surface area contributed by atoms with Crippen LogP contribution in [0.25, 0.3) is 11.0 Å². The first-order chi connectivity index (χ1) is 8.25. The Bertz CT molecular complexity index is 535. The van der Waals surface area contributed by atoms with E-state index in [4.69, 9.17) is 5.73 Å². The van der Waals surface area contributed by atoms with Gasteiger partial charge in [0.2, 0.25) is 5.95 Å². The molecule has 17 heavy (non-hydrogen) atoms. The minimum atomic E-state index is -0.0744. The molecule has 2 aromatic rings. The molecule has 0 unspecified atom stereocenters. The Hall–Kier alpha value is -1.75. The Labute approximate surface area is 99.4 Å². The van der Waals surface area contributed by atoms with Crippen molar-refractivity contribution in [1.29, 1.82) is 0 Å². The van der Waals surface area contributed by atoms with Gasteiger partial charge in [0.05, 0.1) is 5.52 Å². The summed E-state index contributed by atoms with van der Waals surface area (Å²) in [6.45, 7) is 0.715. The lowest BCUT2D eigenvalue weighted by Crippen LogP contribution is -2.52. The van der Waals surface area contributed by atoms with Crippen LogP contribution < -0.4 is 11.1 Å². The summed E-state index contributed by atoms with van der Waals surface area (Å²) in [5, 5.41) is 11.3. The van der Waals surface area contributed by atoms with Gasteiger partial charge in [0, 0.05) is 12.1 Å². The third kappa shape index (κ3) is 2.06.